The number of pyridine rings is 1. The second kappa shape index (κ2) is 9.26. The summed E-state index contributed by atoms with van der Waals surface area (Å²) in [6.45, 7) is 7.35. The van der Waals surface area contributed by atoms with Crippen LogP contribution in [0.15, 0.2) is 53.3 Å². The molecule has 1 atom stereocenters. The van der Waals surface area contributed by atoms with Crippen LogP contribution in [-0.2, 0) is 0 Å². The summed E-state index contributed by atoms with van der Waals surface area (Å²) in [5, 5.41) is 7.46. The molecule has 1 fully saturated rings. The van der Waals surface area contributed by atoms with Crippen LogP contribution in [0.5, 0.6) is 0 Å². The second-order valence-corrected chi connectivity index (χ2v) is 8.07. The Morgan fingerprint density at radius 1 is 1.23 bits per heavy atom. The van der Waals surface area contributed by atoms with Crippen molar-refractivity contribution in [1.82, 2.24) is 19.7 Å². The van der Waals surface area contributed by atoms with Crippen molar-refractivity contribution in [3.05, 3.63) is 66.0 Å². The molecule has 30 heavy (non-hydrogen) atoms. The molecule has 0 spiro atoms. The maximum Gasteiger partial charge on any atom is 0.258 e. The minimum absolute atomic E-state index is 0.163. The summed E-state index contributed by atoms with van der Waals surface area (Å²) in [6, 6.07) is 9.79. The summed E-state index contributed by atoms with van der Waals surface area (Å²) in [4.78, 5) is 19.0. The van der Waals surface area contributed by atoms with Gasteiger partial charge in [0.25, 0.3) is 5.91 Å². The van der Waals surface area contributed by atoms with Crippen LogP contribution >= 0.6 is 0 Å². The molecule has 0 bridgehead atoms. The van der Waals surface area contributed by atoms with Gasteiger partial charge < -0.3 is 14.6 Å². The predicted molar refractivity (Wildman–Crippen MR) is 116 cm³/mol. The van der Waals surface area contributed by atoms with Gasteiger partial charge in [-0.2, -0.15) is 5.10 Å². The van der Waals surface area contributed by atoms with Gasteiger partial charge in [-0.1, -0.05) is 6.92 Å². The van der Waals surface area contributed by atoms with E-state index < -0.39 is 0 Å². The number of nitrogens with one attached hydrogen (secondary N) is 1. The fraction of sp³-hybridized carbons (Fsp3) is 0.435. The molecule has 7 nitrogen and oxygen atoms in total. The molecule has 1 aliphatic rings. The lowest BCUT2D eigenvalue weighted by atomic mass is 10.0. The minimum atomic E-state index is -0.163. The summed E-state index contributed by atoms with van der Waals surface area (Å²) in [7, 11) is 0. The number of piperidine rings is 1. The Balaban J connectivity index is 1.28. The average molecular weight is 408 g/mol. The van der Waals surface area contributed by atoms with Crippen molar-refractivity contribution in [3.63, 3.8) is 0 Å². The number of anilines is 1. The summed E-state index contributed by atoms with van der Waals surface area (Å²) < 4.78 is 7.72. The minimum Gasteiger partial charge on any atom is -0.466 e. The number of furan rings is 1. The smallest absolute Gasteiger partial charge is 0.258 e. The van der Waals surface area contributed by atoms with Crippen LogP contribution in [-0.4, -0.2) is 45.2 Å². The number of rotatable bonds is 7. The topological polar surface area (TPSA) is 76.2 Å². The van der Waals surface area contributed by atoms with E-state index in [1.165, 1.54) is 0 Å². The van der Waals surface area contributed by atoms with Crippen molar-refractivity contribution in [1.29, 1.82) is 0 Å². The lowest BCUT2D eigenvalue weighted by Crippen LogP contribution is -2.36. The molecular formula is C23H29N5O2. The van der Waals surface area contributed by atoms with E-state index in [0.717, 1.165) is 56.2 Å². The van der Waals surface area contributed by atoms with Gasteiger partial charge in [0.2, 0.25) is 0 Å². The van der Waals surface area contributed by atoms with Crippen LogP contribution < -0.4 is 5.32 Å². The van der Waals surface area contributed by atoms with E-state index in [0.29, 0.717) is 17.5 Å². The van der Waals surface area contributed by atoms with Gasteiger partial charge in [0.05, 0.1) is 17.8 Å². The van der Waals surface area contributed by atoms with Crippen molar-refractivity contribution < 1.29 is 9.21 Å². The van der Waals surface area contributed by atoms with Crippen molar-refractivity contribution in [2.45, 2.75) is 45.1 Å². The first-order valence-electron chi connectivity index (χ1n) is 10.6. The van der Waals surface area contributed by atoms with Crippen LogP contribution in [0, 0.1) is 6.92 Å². The molecule has 0 aliphatic carbocycles. The Labute approximate surface area is 177 Å². The number of hydrogen-bond acceptors (Lipinski definition) is 5. The van der Waals surface area contributed by atoms with Crippen molar-refractivity contribution >= 4 is 11.7 Å². The highest BCUT2D eigenvalue weighted by Crippen LogP contribution is 2.27. The molecule has 1 aliphatic heterocycles. The third-order valence-electron chi connectivity index (χ3n) is 5.86. The molecule has 0 radical (unpaired) electrons. The molecule has 0 saturated carbocycles. The number of carbonyl (C=O) groups is 1. The Morgan fingerprint density at radius 2 is 2.07 bits per heavy atom. The van der Waals surface area contributed by atoms with E-state index in [9.17, 15) is 4.79 Å². The van der Waals surface area contributed by atoms with E-state index in [1.54, 1.807) is 30.7 Å². The lowest BCUT2D eigenvalue weighted by molar-refractivity contribution is 0.102. The molecule has 1 amide bonds. The molecule has 1 N–H and O–H groups in total. The van der Waals surface area contributed by atoms with Crippen LogP contribution in [0.3, 0.4) is 0 Å². The maximum atomic E-state index is 12.5. The molecule has 158 valence electrons. The van der Waals surface area contributed by atoms with Gasteiger partial charge in [0.1, 0.15) is 17.3 Å². The van der Waals surface area contributed by atoms with Gasteiger partial charge in [0.15, 0.2) is 0 Å². The Hall–Kier alpha value is -2.93. The fourth-order valence-electron chi connectivity index (χ4n) is 4.01. The third kappa shape index (κ3) is 4.79. The first-order valence-corrected chi connectivity index (χ1v) is 10.6. The zero-order valence-electron chi connectivity index (χ0n) is 17.6. The highest BCUT2D eigenvalue weighted by atomic mass is 16.3. The Morgan fingerprint density at radius 3 is 2.77 bits per heavy atom. The van der Waals surface area contributed by atoms with Gasteiger partial charge in [-0.15, -0.1) is 0 Å². The number of aromatic nitrogens is 3. The summed E-state index contributed by atoms with van der Waals surface area (Å²) in [5.41, 5.74) is 0.543. The number of aryl methyl sites for hydroxylation is 1. The van der Waals surface area contributed by atoms with Gasteiger partial charge in [-0.25, -0.2) is 4.68 Å². The molecule has 4 heterocycles. The SMILES string of the molecule is Cc1ccc([C@@H](C)CCN2CCC(n3nccc3NC(=O)c3cccnc3)CC2)o1. The highest BCUT2D eigenvalue weighted by Gasteiger charge is 2.24. The molecule has 0 aromatic carbocycles. The predicted octanol–water partition coefficient (Wildman–Crippen LogP) is 4.26. The van der Waals surface area contributed by atoms with Gasteiger partial charge in [-0.3, -0.25) is 9.78 Å². The average Bonchev–Trinajstić information content (AvgIpc) is 3.42. The van der Waals surface area contributed by atoms with Gasteiger partial charge in [0, 0.05) is 37.5 Å². The Bertz CT molecular complexity index is 957. The molecule has 3 aromatic rings. The van der Waals surface area contributed by atoms with E-state index >= 15 is 0 Å². The number of carbonyl (C=O) groups excluding carboxylic acids is 1. The van der Waals surface area contributed by atoms with Crippen molar-refractivity contribution in [2.24, 2.45) is 0 Å². The monoisotopic (exact) mass is 407 g/mol. The van der Waals surface area contributed by atoms with Crippen LogP contribution in [0.4, 0.5) is 5.82 Å². The number of likely N-dealkylation sites (tertiary alicyclic amines) is 1. The molecule has 0 unspecified atom stereocenters. The second-order valence-electron chi connectivity index (χ2n) is 8.07. The zero-order chi connectivity index (χ0) is 20.9. The molecule has 4 rings (SSSR count). The summed E-state index contributed by atoms with van der Waals surface area (Å²) >= 11 is 0. The molecule has 3 aromatic heterocycles. The highest BCUT2D eigenvalue weighted by molar-refractivity contribution is 6.03. The standard InChI is InChI=1S/C23H29N5O2/c1-17(21-6-5-18(2)30-21)8-13-27-14-9-20(10-15-27)28-22(7-12-25-28)26-23(29)19-4-3-11-24-16-19/h3-7,11-12,16-17,20H,8-10,13-15H2,1-2H3,(H,26,29)/t17-/m0/s1. The van der Waals surface area contributed by atoms with E-state index in [4.69, 9.17) is 4.42 Å². The van der Waals surface area contributed by atoms with Gasteiger partial charge in [-0.05, 0) is 57.0 Å². The summed E-state index contributed by atoms with van der Waals surface area (Å²) in [6.07, 6.45) is 8.10. The van der Waals surface area contributed by atoms with Crippen molar-refractivity contribution in [2.75, 3.05) is 25.0 Å². The molecular weight excluding hydrogens is 378 g/mol. The van der Waals surface area contributed by atoms with Crippen LogP contribution in [0.2, 0.25) is 0 Å². The number of amides is 1. The fourth-order valence-corrected chi connectivity index (χ4v) is 4.01. The lowest BCUT2D eigenvalue weighted by Gasteiger charge is -2.33. The molecule has 7 heteroatoms. The first-order chi connectivity index (χ1) is 14.6. The van der Waals surface area contributed by atoms with Crippen LogP contribution in [0.25, 0.3) is 0 Å². The van der Waals surface area contributed by atoms with E-state index in [-0.39, 0.29) is 5.91 Å². The quantitative estimate of drug-likeness (QED) is 0.633. The number of nitrogens with zero attached hydrogens (tertiary/aromatic N) is 4. The maximum absolute atomic E-state index is 12.5. The van der Waals surface area contributed by atoms with E-state index in [1.807, 2.05) is 23.7 Å². The Kier molecular flexibility index (Phi) is 6.28. The van der Waals surface area contributed by atoms with Crippen LogP contribution in [0.1, 0.15) is 60.0 Å². The summed E-state index contributed by atoms with van der Waals surface area (Å²) in [5.74, 6) is 3.06. The number of hydrogen-bond donors (Lipinski definition) is 1. The van der Waals surface area contributed by atoms with E-state index in [2.05, 4.69) is 33.3 Å². The third-order valence-corrected chi connectivity index (χ3v) is 5.86. The zero-order valence-corrected chi connectivity index (χ0v) is 17.6. The first kappa shape index (κ1) is 20.3. The largest absolute Gasteiger partial charge is 0.466 e. The normalized spacial score (nSPS) is 16.5. The van der Waals surface area contributed by atoms with Crippen molar-refractivity contribution in [3.8, 4) is 0 Å². The molecule has 1 saturated heterocycles. The van der Waals surface area contributed by atoms with Gasteiger partial charge >= 0.3 is 0 Å².